The molecule has 2 aromatic heterocycles. The standard InChI is InChI=1S/C28H30N4O2/c1-21-25(15-14-22-9-4-2-5-10-22)28(33)32-26(31-21)13-8-18-34-27-19-24(16-17-29-27)30-20-23-11-6-3-7-12-23/h2-7,9-12,16-17,19H,8,13-15,18,20H2,1H3,(H,29,30)(H,31,32,33). The number of pyridine rings is 1. The lowest BCUT2D eigenvalue weighted by molar-refractivity contribution is 0.298. The summed E-state index contributed by atoms with van der Waals surface area (Å²) in [5, 5.41) is 3.39. The first-order chi connectivity index (χ1) is 16.7. The van der Waals surface area contributed by atoms with E-state index in [4.69, 9.17) is 4.74 Å². The second kappa shape index (κ2) is 11.8. The van der Waals surface area contributed by atoms with Gasteiger partial charge in [-0.25, -0.2) is 9.97 Å². The fourth-order valence-corrected chi connectivity index (χ4v) is 3.81. The van der Waals surface area contributed by atoms with Gasteiger partial charge in [-0.15, -0.1) is 0 Å². The van der Waals surface area contributed by atoms with E-state index in [1.165, 1.54) is 11.1 Å². The Bertz CT molecular complexity index is 1240. The maximum atomic E-state index is 12.6. The second-order valence-corrected chi connectivity index (χ2v) is 8.24. The van der Waals surface area contributed by atoms with E-state index in [0.29, 0.717) is 31.2 Å². The van der Waals surface area contributed by atoms with Crippen LogP contribution < -0.4 is 15.6 Å². The molecule has 0 atom stereocenters. The molecule has 0 fully saturated rings. The van der Waals surface area contributed by atoms with Crippen molar-refractivity contribution in [2.75, 3.05) is 11.9 Å². The molecule has 0 aliphatic rings. The monoisotopic (exact) mass is 454 g/mol. The number of nitrogens with zero attached hydrogens (tertiary/aromatic N) is 2. The minimum Gasteiger partial charge on any atom is -0.478 e. The van der Waals surface area contributed by atoms with Gasteiger partial charge in [-0.2, -0.15) is 0 Å². The Balaban J connectivity index is 1.25. The van der Waals surface area contributed by atoms with Crippen LogP contribution >= 0.6 is 0 Å². The average Bonchev–Trinajstić information content (AvgIpc) is 2.86. The Hall–Kier alpha value is -3.93. The van der Waals surface area contributed by atoms with E-state index in [1.54, 1.807) is 6.20 Å². The number of aromatic nitrogens is 3. The minimum atomic E-state index is -0.0433. The molecule has 0 aliphatic carbocycles. The lowest BCUT2D eigenvalue weighted by Crippen LogP contribution is -2.20. The fourth-order valence-electron chi connectivity index (χ4n) is 3.81. The normalized spacial score (nSPS) is 10.7. The number of aryl methyl sites for hydroxylation is 3. The first-order valence-corrected chi connectivity index (χ1v) is 11.7. The number of hydrogen-bond donors (Lipinski definition) is 2. The molecule has 0 aliphatic heterocycles. The summed E-state index contributed by atoms with van der Waals surface area (Å²) in [6.45, 7) is 3.14. The van der Waals surface area contributed by atoms with E-state index in [9.17, 15) is 4.79 Å². The number of H-pyrrole nitrogens is 1. The lowest BCUT2D eigenvalue weighted by atomic mass is 10.0. The fraction of sp³-hybridized carbons (Fsp3) is 0.250. The number of nitrogens with one attached hydrogen (secondary N) is 2. The number of rotatable bonds is 11. The van der Waals surface area contributed by atoms with Gasteiger partial charge in [0.1, 0.15) is 5.82 Å². The van der Waals surface area contributed by atoms with Crippen molar-refractivity contribution in [1.29, 1.82) is 0 Å². The first kappa shape index (κ1) is 23.2. The molecule has 174 valence electrons. The molecule has 6 nitrogen and oxygen atoms in total. The third-order valence-corrected chi connectivity index (χ3v) is 5.66. The number of aromatic amines is 1. The summed E-state index contributed by atoms with van der Waals surface area (Å²) < 4.78 is 5.82. The summed E-state index contributed by atoms with van der Waals surface area (Å²) in [7, 11) is 0. The third-order valence-electron chi connectivity index (χ3n) is 5.66. The second-order valence-electron chi connectivity index (χ2n) is 8.24. The highest BCUT2D eigenvalue weighted by Gasteiger charge is 2.09. The van der Waals surface area contributed by atoms with Crippen molar-refractivity contribution in [2.24, 2.45) is 0 Å². The third kappa shape index (κ3) is 6.78. The molecular weight excluding hydrogens is 424 g/mol. The van der Waals surface area contributed by atoms with Crippen molar-refractivity contribution >= 4 is 5.69 Å². The van der Waals surface area contributed by atoms with Crippen molar-refractivity contribution < 1.29 is 4.74 Å². The van der Waals surface area contributed by atoms with E-state index >= 15 is 0 Å². The Morgan fingerprint density at radius 3 is 2.38 bits per heavy atom. The van der Waals surface area contributed by atoms with E-state index in [2.05, 4.69) is 44.5 Å². The first-order valence-electron chi connectivity index (χ1n) is 11.7. The average molecular weight is 455 g/mol. The molecule has 2 heterocycles. The van der Waals surface area contributed by atoms with Gasteiger partial charge in [-0.3, -0.25) is 4.79 Å². The van der Waals surface area contributed by atoms with Gasteiger partial charge in [0.2, 0.25) is 5.88 Å². The van der Waals surface area contributed by atoms with Crippen LogP contribution in [0.5, 0.6) is 5.88 Å². The van der Waals surface area contributed by atoms with Crippen molar-refractivity contribution in [2.45, 2.75) is 39.2 Å². The van der Waals surface area contributed by atoms with Crippen LogP contribution in [0.3, 0.4) is 0 Å². The molecule has 34 heavy (non-hydrogen) atoms. The van der Waals surface area contributed by atoms with Crippen LogP contribution in [-0.4, -0.2) is 21.6 Å². The maximum absolute atomic E-state index is 12.6. The number of anilines is 1. The Kier molecular flexibility index (Phi) is 8.06. The highest BCUT2D eigenvalue weighted by atomic mass is 16.5. The smallest absolute Gasteiger partial charge is 0.254 e. The van der Waals surface area contributed by atoms with E-state index in [0.717, 1.165) is 36.3 Å². The molecule has 2 N–H and O–H groups in total. The predicted molar refractivity (Wildman–Crippen MR) is 135 cm³/mol. The van der Waals surface area contributed by atoms with Gasteiger partial charge in [0.15, 0.2) is 0 Å². The van der Waals surface area contributed by atoms with Gasteiger partial charge < -0.3 is 15.0 Å². The molecule has 0 saturated carbocycles. The van der Waals surface area contributed by atoms with Crippen LogP contribution in [0.2, 0.25) is 0 Å². The van der Waals surface area contributed by atoms with Gasteiger partial charge in [-0.1, -0.05) is 60.7 Å². The lowest BCUT2D eigenvalue weighted by Gasteiger charge is -2.10. The molecule has 2 aromatic carbocycles. The number of ether oxygens (including phenoxy) is 1. The number of benzene rings is 2. The van der Waals surface area contributed by atoms with Gasteiger partial charge >= 0.3 is 0 Å². The van der Waals surface area contributed by atoms with Crippen molar-refractivity contribution in [3.05, 3.63) is 118 Å². The van der Waals surface area contributed by atoms with Gasteiger partial charge in [-0.05, 0) is 43.4 Å². The Morgan fingerprint density at radius 2 is 1.65 bits per heavy atom. The summed E-state index contributed by atoms with van der Waals surface area (Å²) in [6, 6.07) is 24.2. The highest BCUT2D eigenvalue weighted by Crippen LogP contribution is 2.15. The van der Waals surface area contributed by atoms with Gasteiger partial charge in [0, 0.05) is 42.2 Å². The Labute approximate surface area is 200 Å². The zero-order chi connectivity index (χ0) is 23.6. The van der Waals surface area contributed by atoms with Crippen LogP contribution in [0.15, 0.2) is 83.8 Å². The zero-order valence-corrected chi connectivity index (χ0v) is 19.5. The highest BCUT2D eigenvalue weighted by molar-refractivity contribution is 5.45. The van der Waals surface area contributed by atoms with Crippen molar-refractivity contribution in [3.63, 3.8) is 0 Å². The molecule has 0 saturated heterocycles. The van der Waals surface area contributed by atoms with Crippen LogP contribution in [-0.2, 0) is 25.8 Å². The van der Waals surface area contributed by atoms with Crippen LogP contribution in [0.1, 0.15) is 34.6 Å². The van der Waals surface area contributed by atoms with Crippen LogP contribution in [0.25, 0.3) is 0 Å². The summed E-state index contributed by atoms with van der Waals surface area (Å²) in [5.74, 6) is 1.27. The van der Waals surface area contributed by atoms with E-state index < -0.39 is 0 Å². The van der Waals surface area contributed by atoms with Gasteiger partial charge in [0.25, 0.3) is 5.56 Å². The molecule has 0 bridgehead atoms. The van der Waals surface area contributed by atoms with Crippen LogP contribution in [0, 0.1) is 6.92 Å². The summed E-state index contributed by atoms with van der Waals surface area (Å²) >= 11 is 0. The van der Waals surface area contributed by atoms with Gasteiger partial charge in [0.05, 0.1) is 6.61 Å². The van der Waals surface area contributed by atoms with Crippen molar-refractivity contribution in [1.82, 2.24) is 15.0 Å². The quantitative estimate of drug-likeness (QED) is 0.316. The summed E-state index contributed by atoms with van der Waals surface area (Å²) in [5.41, 5.74) is 4.90. The SMILES string of the molecule is Cc1nc(CCCOc2cc(NCc3ccccc3)ccn2)[nH]c(=O)c1CCc1ccccc1. The number of hydrogen-bond acceptors (Lipinski definition) is 5. The molecule has 6 heteroatoms. The molecule has 0 amide bonds. The summed E-state index contributed by atoms with van der Waals surface area (Å²) in [6.07, 6.45) is 4.61. The molecule has 4 rings (SSSR count). The largest absolute Gasteiger partial charge is 0.478 e. The van der Waals surface area contributed by atoms with Crippen LogP contribution in [0.4, 0.5) is 5.69 Å². The molecule has 4 aromatic rings. The molecule has 0 spiro atoms. The molecule has 0 unspecified atom stereocenters. The minimum absolute atomic E-state index is 0.0433. The van der Waals surface area contributed by atoms with E-state index in [-0.39, 0.29) is 5.56 Å². The molecule has 0 radical (unpaired) electrons. The topological polar surface area (TPSA) is 79.9 Å². The molecular formula is C28H30N4O2. The maximum Gasteiger partial charge on any atom is 0.254 e. The predicted octanol–water partition coefficient (Wildman–Crippen LogP) is 4.88. The van der Waals surface area contributed by atoms with Crippen molar-refractivity contribution in [3.8, 4) is 5.88 Å². The Morgan fingerprint density at radius 1 is 0.912 bits per heavy atom. The summed E-state index contributed by atoms with van der Waals surface area (Å²) in [4.78, 5) is 24.4. The van der Waals surface area contributed by atoms with E-state index in [1.807, 2.05) is 55.5 Å². The zero-order valence-electron chi connectivity index (χ0n) is 19.5.